The lowest BCUT2D eigenvalue weighted by atomic mass is 10.2. The van der Waals surface area contributed by atoms with E-state index >= 15 is 0 Å². The third kappa shape index (κ3) is 6.33. The van der Waals surface area contributed by atoms with Crippen LogP contribution in [0.4, 0.5) is 17.6 Å². The largest absolute Gasteiger partial charge is 0.573 e. The predicted octanol–water partition coefficient (Wildman–Crippen LogP) is 3.59. The number of alkyl halides is 3. The Hall–Kier alpha value is -2.77. The highest BCUT2D eigenvalue weighted by atomic mass is 19.4. The molecule has 0 spiro atoms. The minimum absolute atomic E-state index is 0.0926. The molecule has 0 unspecified atom stereocenters. The van der Waals surface area contributed by atoms with Crippen LogP contribution in [0.15, 0.2) is 53.5 Å². The van der Waals surface area contributed by atoms with Gasteiger partial charge >= 0.3 is 6.36 Å². The maximum absolute atomic E-state index is 12.9. The Balaban J connectivity index is 1.93. The zero-order valence-electron chi connectivity index (χ0n) is 13.4. The van der Waals surface area contributed by atoms with Crippen LogP contribution < -0.4 is 15.4 Å². The van der Waals surface area contributed by atoms with Crippen molar-refractivity contribution >= 4 is 5.96 Å². The average Bonchev–Trinajstić information content (AvgIpc) is 2.56. The summed E-state index contributed by atoms with van der Waals surface area (Å²) >= 11 is 0. The number of halogens is 4. The fraction of sp³-hybridized carbons (Fsp3) is 0.235. The van der Waals surface area contributed by atoms with Gasteiger partial charge in [-0.15, -0.1) is 13.2 Å². The summed E-state index contributed by atoms with van der Waals surface area (Å²) < 4.78 is 54.1. The van der Waals surface area contributed by atoms with E-state index in [1.54, 1.807) is 18.2 Å². The van der Waals surface area contributed by atoms with Crippen molar-refractivity contribution < 1.29 is 22.3 Å². The third-order valence-electron chi connectivity index (χ3n) is 3.24. The SMILES string of the molecule is CN=C(NCc1ccc(F)cc1)NCc1ccccc1OC(F)(F)F. The average molecular weight is 355 g/mol. The summed E-state index contributed by atoms with van der Waals surface area (Å²) in [6.45, 7) is 0.482. The summed E-state index contributed by atoms with van der Waals surface area (Å²) in [5.74, 6) is -0.199. The molecule has 2 rings (SSSR count). The molecule has 0 radical (unpaired) electrons. The second kappa shape index (κ2) is 8.36. The summed E-state index contributed by atoms with van der Waals surface area (Å²) in [6.07, 6.45) is -4.75. The van der Waals surface area contributed by atoms with Crippen molar-refractivity contribution in [1.29, 1.82) is 0 Å². The van der Waals surface area contributed by atoms with Gasteiger partial charge in [0.15, 0.2) is 5.96 Å². The number of aliphatic imine (C=N–C) groups is 1. The van der Waals surface area contributed by atoms with E-state index in [9.17, 15) is 17.6 Å². The Morgan fingerprint density at radius 3 is 2.28 bits per heavy atom. The Bertz CT molecular complexity index is 715. The fourth-order valence-electron chi connectivity index (χ4n) is 2.06. The number of rotatable bonds is 5. The molecule has 0 atom stereocenters. The topological polar surface area (TPSA) is 45.7 Å². The molecule has 4 nitrogen and oxygen atoms in total. The standard InChI is InChI=1S/C17H17F4N3O/c1-22-16(23-10-12-6-8-14(18)9-7-12)24-11-13-4-2-3-5-15(13)25-17(19,20)21/h2-9H,10-11H2,1H3,(H2,22,23,24). The van der Waals surface area contributed by atoms with Gasteiger partial charge in [0.2, 0.25) is 0 Å². The number of nitrogens with zero attached hydrogens (tertiary/aromatic N) is 1. The number of benzene rings is 2. The van der Waals surface area contributed by atoms with Gasteiger partial charge in [-0.3, -0.25) is 4.99 Å². The Morgan fingerprint density at radius 1 is 1.00 bits per heavy atom. The van der Waals surface area contributed by atoms with Crippen LogP contribution in [-0.4, -0.2) is 19.4 Å². The summed E-state index contributed by atoms with van der Waals surface area (Å²) in [7, 11) is 1.54. The molecule has 0 aliphatic rings. The lowest BCUT2D eigenvalue weighted by molar-refractivity contribution is -0.274. The first-order valence-corrected chi connectivity index (χ1v) is 7.40. The second-order valence-corrected chi connectivity index (χ2v) is 5.06. The van der Waals surface area contributed by atoms with E-state index in [4.69, 9.17) is 0 Å². The molecule has 0 bridgehead atoms. The van der Waals surface area contributed by atoms with Crippen LogP contribution in [0, 0.1) is 5.82 Å². The van der Waals surface area contributed by atoms with Crippen molar-refractivity contribution in [2.75, 3.05) is 7.05 Å². The molecule has 0 saturated heterocycles. The molecule has 2 aromatic carbocycles. The van der Waals surface area contributed by atoms with Gasteiger partial charge in [0, 0.05) is 25.7 Å². The Kier molecular flexibility index (Phi) is 6.21. The molecule has 25 heavy (non-hydrogen) atoms. The molecular weight excluding hydrogens is 338 g/mol. The van der Waals surface area contributed by atoms with E-state index in [0.29, 0.717) is 18.1 Å². The molecule has 134 valence electrons. The molecule has 0 saturated carbocycles. The summed E-state index contributed by atoms with van der Waals surface area (Å²) in [4.78, 5) is 4.00. The second-order valence-electron chi connectivity index (χ2n) is 5.06. The number of nitrogens with one attached hydrogen (secondary N) is 2. The third-order valence-corrected chi connectivity index (χ3v) is 3.24. The van der Waals surface area contributed by atoms with Crippen LogP contribution in [0.2, 0.25) is 0 Å². The Labute approximate surface area is 142 Å². The highest BCUT2D eigenvalue weighted by Crippen LogP contribution is 2.26. The first-order chi connectivity index (χ1) is 11.9. The van der Waals surface area contributed by atoms with Gasteiger partial charge in [0.25, 0.3) is 0 Å². The Morgan fingerprint density at radius 2 is 1.64 bits per heavy atom. The first-order valence-electron chi connectivity index (χ1n) is 7.40. The van der Waals surface area contributed by atoms with Gasteiger partial charge in [-0.05, 0) is 23.8 Å². The predicted molar refractivity (Wildman–Crippen MR) is 86.6 cm³/mol. The van der Waals surface area contributed by atoms with E-state index in [2.05, 4.69) is 20.4 Å². The fourth-order valence-corrected chi connectivity index (χ4v) is 2.06. The van der Waals surface area contributed by atoms with Crippen LogP contribution in [0.25, 0.3) is 0 Å². The van der Waals surface area contributed by atoms with E-state index in [1.165, 1.54) is 37.4 Å². The molecule has 2 aromatic rings. The van der Waals surface area contributed by atoms with Crippen LogP contribution >= 0.6 is 0 Å². The van der Waals surface area contributed by atoms with Crippen molar-refractivity contribution in [3.8, 4) is 5.75 Å². The zero-order valence-corrected chi connectivity index (χ0v) is 13.4. The van der Waals surface area contributed by atoms with Gasteiger partial charge < -0.3 is 15.4 Å². The van der Waals surface area contributed by atoms with Gasteiger partial charge in [0.1, 0.15) is 11.6 Å². The van der Waals surface area contributed by atoms with Crippen LogP contribution in [0.3, 0.4) is 0 Å². The molecule has 0 amide bonds. The summed E-state index contributed by atoms with van der Waals surface area (Å²) in [5.41, 5.74) is 1.18. The smallest absolute Gasteiger partial charge is 0.405 e. The number of para-hydroxylation sites is 1. The van der Waals surface area contributed by atoms with Crippen molar-refractivity contribution in [1.82, 2.24) is 10.6 Å². The lowest BCUT2D eigenvalue weighted by Crippen LogP contribution is -2.36. The molecule has 0 aromatic heterocycles. The van der Waals surface area contributed by atoms with E-state index < -0.39 is 6.36 Å². The van der Waals surface area contributed by atoms with Crippen molar-refractivity contribution in [2.45, 2.75) is 19.5 Å². The van der Waals surface area contributed by atoms with Gasteiger partial charge in [-0.2, -0.15) is 0 Å². The first kappa shape index (κ1) is 18.6. The summed E-state index contributed by atoms with van der Waals surface area (Å²) in [6, 6.07) is 11.8. The minimum atomic E-state index is -4.75. The molecule has 0 aliphatic carbocycles. The van der Waals surface area contributed by atoms with Crippen molar-refractivity contribution in [2.24, 2.45) is 4.99 Å². The molecule has 0 aliphatic heterocycles. The van der Waals surface area contributed by atoms with Crippen LogP contribution in [0.1, 0.15) is 11.1 Å². The van der Waals surface area contributed by atoms with Gasteiger partial charge in [-0.25, -0.2) is 4.39 Å². The molecule has 2 N–H and O–H groups in total. The van der Waals surface area contributed by atoms with Gasteiger partial charge in [-0.1, -0.05) is 30.3 Å². The van der Waals surface area contributed by atoms with Crippen LogP contribution in [0.5, 0.6) is 5.75 Å². The maximum Gasteiger partial charge on any atom is 0.573 e. The lowest BCUT2D eigenvalue weighted by Gasteiger charge is -2.15. The van der Waals surface area contributed by atoms with Crippen LogP contribution in [-0.2, 0) is 13.1 Å². The number of guanidine groups is 1. The summed E-state index contributed by atoms with van der Waals surface area (Å²) in [5, 5.41) is 5.91. The highest BCUT2D eigenvalue weighted by Gasteiger charge is 2.31. The molecule has 8 heteroatoms. The highest BCUT2D eigenvalue weighted by molar-refractivity contribution is 5.79. The van der Waals surface area contributed by atoms with Crippen molar-refractivity contribution in [3.05, 3.63) is 65.5 Å². The monoisotopic (exact) mass is 355 g/mol. The van der Waals surface area contributed by atoms with E-state index in [-0.39, 0.29) is 18.1 Å². The van der Waals surface area contributed by atoms with E-state index in [1.807, 2.05) is 0 Å². The molecular formula is C17H17F4N3O. The number of ether oxygens (including phenoxy) is 1. The number of hydrogen-bond donors (Lipinski definition) is 2. The van der Waals surface area contributed by atoms with Crippen molar-refractivity contribution in [3.63, 3.8) is 0 Å². The zero-order chi connectivity index (χ0) is 18.3. The minimum Gasteiger partial charge on any atom is -0.405 e. The number of hydrogen-bond acceptors (Lipinski definition) is 2. The van der Waals surface area contributed by atoms with E-state index in [0.717, 1.165) is 5.56 Å². The molecule has 0 heterocycles. The maximum atomic E-state index is 12.9. The molecule has 0 fully saturated rings. The van der Waals surface area contributed by atoms with Gasteiger partial charge in [0.05, 0.1) is 0 Å². The normalized spacial score (nSPS) is 12.0. The quantitative estimate of drug-likeness (QED) is 0.490.